The van der Waals surface area contributed by atoms with Gasteiger partial charge in [0.1, 0.15) is 11.9 Å². The highest BCUT2D eigenvalue weighted by molar-refractivity contribution is 9.10. The number of nitrogens with one attached hydrogen (secondary N) is 1. The number of ether oxygens (including phenoxy) is 1. The van der Waals surface area contributed by atoms with Crippen LogP contribution in [0, 0.1) is 5.92 Å². The zero-order valence-electron chi connectivity index (χ0n) is 12.1. The molecule has 0 fully saturated rings. The summed E-state index contributed by atoms with van der Waals surface area (Å²) in [6.45, 7) is 7.78. The van der Waals surface area contributed by atoms with Crippen molar-refractivity contribution in [2.24, 2.45) is 5.92 Å². The highest BCUT2D eigenvalue weighted by Crippen LogP contribution is 2.31. The second-order valence-electron chi connectivity index (χ2n) is 5.75. The van der Waals surface area contributed by atoms with Gasteiger partial charge in [-0.15, -0.1) is 0 Å². The van der Waals surface area contributed by atoms with Crippen LogP contribution in [0.1, 0.15) is 39.2 Å². The zero-order valence-corrected chi connectivity index (χ0v) is 13.7. The van der Waals surface area contributed by atoms with Crippen molar-refractivity contribution < 1.29 is 4.74 Å². The van der Waals surface area contributed by atoms with Crippen LogP contribution in [-0.4, -0.2) is 18.7 Å². The van der Waals surface area contributed by atoms with Crippen molar-refractivity contribution in [1.82, 2.24) is 5.32 Å². The van der Waals surface area contributed by atoms with E-state index >= 15 is 0 Å². The van der Waals surface area contributed by atoms with Gasteiger partial charge in [0.05, 0.1) is 0 Å². The predicted octanol–water partition coefficient (Wildman–Crippen LogP) is 4.17. The van der Waals surface area contributed by atoms with Crippen molar-refractivity contribution in [3.05, 3.63) is 28.2 Å². The minimum atomic E-state index is 0.281. The first-order valence-electron chi connectivity index (χ1n) is 7.27. The number of hydrogen-bond acceptors (Lipinski definition) is 2. The quantitative estimate of drug-likeness (QED) is 0.847. The molecule has 0 saturated carbocycles. The molecule has 106 valence electrons. The van der Waals surface area contributed by atoms with Gasteiger partial charge in [0, 0.05) is 23.5 Å². The van der Waals surface area contributed by atoms with Gasteiger partial charge < -0.3 is 10.1 Å². The van der Waals surface area contributed by atoms with Crippen LogP contribution in [0.5, 0.6) is 5.75 Å². The van der Waals surface area contributed by atoms with Gasteiger partial charge in [0.2, 0.25) is 0 Å². The van der Waals surface area contributed by atoms with Gasteiger partial charge in [-0.1, -0.05) is 36.2 Å². The Balaban J connectivity index is 1.78. The molecule has 1 aromatic rings. The third kappa shape index (κ3) is 4.22. The summed E-state index contributed by atoms with van der Waals surface area (Å²) < 4.78 is 7.09. The second kappa shape index (κ2) is 6.76. The first-order chi connectivity index (χ1) is 9.08. The number of halogens is 1. The van der Waals surface area contributed by atoms with E-state index in [-0.39, 0.29) is 6.10 Å². The van der Waals surface area contributed by atoms with Gasteiger partial charge in [-0.3, -0.25) is 0 Å². The van der Waals surface area contributed by atoms with Gasteiger partial charge in [-0.25, -0.2) is 0 Å². The fourth-order valence-electron chi connectivity index (χ4n) is 2.59. The average Bonchev–Trinajstić information content (AvgIpc) is 2.78. The lowest BCUT2D eigenvalue weighted by molar-refractivity contribution is 0.219. The van der Waals surface area contributed by atoms with Crippen LogP contribution in [0.3, 0.4) is 0 Å². The van der Waals surface area contributed by atoms with Gasteiger partial charge in [0.25, 0.3) is 0 Å². The summed E-state index contributed by atoms with van der Waals surface area (Å²) in [5.74, 6) is 1.84. The molecule has 1 heterocycles. The number of hydrogen-bond donors (Lipinski definition) is 1. The average molecular weight is 326 g/mol. The lowest BCUT2D eigenvalue weighted by Gasteiger charge is -2.19. The van der Waals surface area contributed by atoms with Crippen molar-refractivity contribution in [3.63, 3.8) is 0 Å². The summed E-state index contributed by atoms with van der Waals surface area (Å²) in [5, 5.41) is 3.60. The Bertz CT molecular complexity index is 421. The van der Waals surface area contributed by atoms with Crippen molar-refractivity contribution in [3.8, 4) is 5.75 Å². The highest BCUT2D eigenvalue weighted by atomic mass is 79.9. The largest absolute Gasteiger partial charge is 0.488 e. The van der Waals surface area contributed by atoms with Crippen molar-refractivity contribution in [2.45, 2.75) is 52.2 Å². The molecule has 0 radical (unpaired) electrons. The molecule has 0 aromatic heterocycles. The Morgan fingerprint density at radius 2 is 2.21 bits per heavy atom. The van der Waals surface area contributed by atoms with Crippen LogP contribution in [-0.2, 0) is 6.42 Å². The highest BCUT2D eigenvalue weighted by Gasteiger charge is 2.23. The molecule has 3 unspecified atom stereocenters. The van der Waals surface area contributed by atoms with Crippen LogP contribution < -0.4 is 10.1 Å². The zero-order chi connectivity index (χ0) is 13.8. The standard InChI is InChI=1S/C16H24BrNO/c1-4-11(2)7-12(3)18-10-15-9-13-8-14(17)5-6-16(13)19-15/h5-6,8,11-12,15,18H,4,7,9-10H2,1-3H3. The fraction of sp³-hybridized carbons (Fsp3) is 0.625. The van der Waals surface area contributed by atoms with Crippen LogP contribution in [0.15, 0.2) is 22.7 Å². The van der Waals surface area contributed by atoms with Crippen molar-refractivity contribution in [1.29, 1.82) is 0 Å². The van der Waals surface area contributed by atoms with Crippen molar-refractivity contribution in [2.75, 3.05) is 6.54 Å². The van der Waals surface area contributed by atoms with Gasteiger partial charge in [-0.05, 0) is 43.0 Å². The van der Waals surface area contributed by atoms with E-state index in [4.69, 9.17) is 4.74 Å². The number of fused-ring (bicyclic) bond motifs is 1. The molecule has 1 aromatic carbocycles. The molecule has 3 atom stereocenters. The molecule has 1 aliphatic heterocycles. The number of benzene rings is 1. The molecule has 2 rings (SSSR count). The van der Waals surface area contributed by atoms with E-state index in [1.807, 2.05) is 6.07 Å². The molecule has 0 bridgehead atoms. The third-order valence-electron chi connectivity index (χ3n) is 3.91. The predicted molar refractivity (Wildman–Crippen MR) is 83.8 cm³/mol. The molecule has 1 aliphatic rings. The summed E-state index contributed by atoms with van der Waals surface area (Å²) >= 11 is 3.51. The first kappa shape index (κ1) is 14.9. The van der Waals surface area contributed by atoms with E-state index in [1.165, 1.54) is 18.4 Å². The first-order valence-corrected chi connectivity index (χ1v) is 8.06. The monoisotopic (exact) mass is 325 g/mol. The summed E-state index contributed by atoms with van der Waals surface area (Å²) in [4.78, 5) is 0. The maximum Gasteiger partial charge on any atom is 0.123 e. The minimum absolute atomic E-state index is 0.281. The second-order valence-corrected chi connectivity index (χ2v) is 6.67. The molecular formula is C16H24BrNO. The van der Waals surface area contributed by atoms with E-state index in [9.17, 15) is 0 Å². The Kier molecular flexibility index (Phi) is 5.28. The van der Waals surface area contributed by atoms with Crippen LogP contribution >= 0.6 is 15.9 Å². The fourth-order valence-corrected chi connectivity index (χ4v) is 3.00. The normalized spacial score (nSPS) is 20.7. The van der Waals surface area contributed by atoms with E-state index < -0.39 is 0 Å². The van der Waals surface area contributed by atoms with E-state index in [2.05, 4.69) is 54.2 Å². The molecule has 3 heteroatoms. The van der Waals surface area contributed by atoms with Gasteiger partial charge in [-0.2, -0.15) is 0 Å². The lowest BCUT2D eigenvalue weighted by atomic mass is 10.0. The van der Waals surface area contributed by atoms with Crippen LogP contribution in [0.25, 0.3) is 0 Å². The molecule has 2 nitrogen and oxygen atoms in total. The Morgan fingerprint density at radius 1 is 1.42 bits per heavy atom. The summed E-state index contributed by atoms with van der Waals surface area (Å²) in [6.07, 6.45) is 3.79. The third-order valence-corrected chi connectivity index (χ3v) is 4.40. The molecular weight excluding hydrogens is 302 g/mol. The molecule has 0 amide bonds. The van der Waals surface area contributed by atoms with Crippen LogP contribution in [0.2, 0.25) is 0 Å². The Morgan fingerprint density at radius 3 is 2.95 bits per heavy atom. The van der Waals surface area contributed by atoms with E-state index in [1.54, 1.807) is 0 Å². The lowest BCUT2D eigenvalue weighted by Crippen LogP contribution is -2.36. The smallest absolute Gasteiger partial charge is 0.123 e. The molecule has 0 aliphatic carbocycles. The maximum atomic E-state index is 5.96. The summed E-state index contributed by atoms with van der Waals surface area (Å²) in [5.41, 5.74) is 1.32. The molecule has 19 heavy (non-hydrogen) atoms. The molecule has 0 spiro atoms. The summed E-state index contributed by atoms with van der Waals surface area (Å²) in [7, 11) is 0. The molecule has 0 saturated heterocycles. The Hall–Kier alpha value is -0.540. The molecule has 1 N–H and O–H groups in total. The van der Waals surface area contributed by atoms with E-state index in [0.29, 0.717) is 6.04 Å². The topological polar surface area (TPSA) is 21.3 Å². The van der Waals surface area contributed by atoms with Crippen molar-refractivity contribution >= 4 is 15.9 Å². The Labute approximate surface area is 125 Å². The summed E-state index contributed by atoms with van der Waals surface area (Å²) in [6, 6.07) is 6.83. The van der Waals surface area contributed by atoms with Gasteiger partial charge >= 0.3 is 0 Å². The van der Waals surface area contributed by atoms with Crippen LogP contribution in [0.4, 0.5) is 0 Å². The SMILES string of the molecule is CCC(C)CC(C)NCC1Cc2cc(Br)ccc2O1. The maximum absolute atomic E-state index is 5.96. The van der Waals surface area contributed by atoms with E-state index in [0.717, 1.165) is 29.1 Å². The minimum Gasteiger partial charge on any atom is -0.488 e. The number of rotatable bonds is 6. The van der Waals surface area contributed by atoms with Gasteiger partial charge in [0.15, 0.2) is 0 Å².